The summed E-state index contributed by atoms with van der Waals surface area (Å²) >= 11 is 12.3. The smallest absolute Gasteiger partial charge is 0.301 e. The first-order valence-electron chi connectivity index (χ1n) is 9.05. The summed E-state index contributed by atoms with van der Waals surface area (Å²) in [5.41, 5.74) is 2.30. The van der Waals surface area contributed by atoms with Crippen LogP contribution in [0.15, 0.2) is 40.6 Å². The number of aliphatic hydroxyl groups excluding tert-OH is 1. The molecule has 1 fully saturated rings. The Labute approximate surface area is 181 Å². The minimum absolute atomic E-state index is 0.0650. The minimum atomic E-state index is -0.960. The highest BCUT2D eigenvalue weighted by molar-refractivity contribution is 6.51. The van der Waals surface area contributed by atoms with E-state index in [1.807, 2.05) is 0 Å². The maximum absolute atomic E-state index is 13.1. The van der Waals surface area contributed by atoms with Crippen LogP contribution in [-0.2, 0) is 9.59 Å². The molecule has 154 valence electrons. The fraction of sp³-hybridized carbons (Fsp3) is 0.190. The molecule has 1 aliphatic heterocycles. The Morgan fingerprint density at radius 1 is 1.17 bits per heavy atom. The van der Waals surface area contributed by atoms with Crippen LogP contribution in [-0.4, -0.2) is 26.9 Å². The van der Waals surface area contributed by atoms with E-state index in [9.17, 15) is 14.7 Å². The highest BCUT2D eigenvalue weighted by Gasteiger charge is 2.48. The lowest BCUT2D eigenvalue weighted by Gasteiger charge is -2.23. The van der Waals surface area contributed by atoms with Crippen LogP contribution in [0.5, 0.6) is 0 Å². The van der Waals surface area contributed by atoms with E-state index in [-0.39, 0.29) is 22.2 Å². The number of amides is 1. The van der Waals surface area contributed by atoms with Gasteiger partial charge in [-0.05, 0) is 44.0 Å². The first-order chi connectivity index (χ1) is 14.2. The topological polar surface area (TPSA) is 99.4 Å². The van der Waals surface area contributed by atoms with Gasteiger partial charge in [-0.3, -0.25) is 14.5 Å². The molecule has 30 heavy (non-hydrogen) atoms. The predicted molar refractivity (Wildman–Crippen MR) is 113 cm³/mol. The van der Waals surface area contributed by atoms with E-state index in [1.54, 1.807) is 51.2 Å². The summed E-state index contributed by atoms with van der Waals surface area (Å²) in [4.78, 5) is 30.3. The summed E-state index contributed by atoms with van der Waals surface area (Å²) in [5, 5.41) is 15.6. The molecule has 3 heterocycles. The fourth-order valence-electron chi connectivity index (χ4n) is 3.69. The molecule has 1 amide bonds. The second kappa shape index (κ2) is 7.34. The van der Waals surface area contributed by atoms with Gasteiger partial charge in [-0.25, -0.2) is 0 Å². The van der Waals surface area contributed by atoms with E-state index in [2.05, 4.69) is 10.1 Å². The minimum Gasteiger partial charge on any atom is -0.507 e. The molecule has 0 radical (unpaired) electrons. The van der Waals surface area contributed by atoms with E-state index in [0.717, 1.165) is 5.56 Å². The van der Waals surface area contributed by atoms with E-state index < -0.39 is 17.7 Å². The van der Waals surface area contributed by atoms with Crippen LogP contribution >= 0.6 is 23.2 Å². The summed E-state index contributed by atoms with van der Waals surface area (Å²) in [6.07, 6.45) is 1.72. The lowest BCUT2D eigenvalue weighted by molar-refractivity contribution is -0.132. The van der Waals surface area contributed by atoms with Crippen LogP contribution in [0.2, 0.25) is 10.0 Å². The van der Waals surface area contributed by atoms with Crippen molar-refractivity contribution in [3.63, 3.8) is 0 Å². The monoisotopic (exact) mass is 445 g/mol. The predicted octanol–water partition coefficient (Wildman–Crippen LogP) is 4.86. The summed E-state index contributed by atoms with van der Waals surface area (Å²) in [6.45, 7) is 5.24. The Kier molecular flexibility index (Phi) is 4.95. The van der Waals surface area contributed by atoms with E-state index in [0.29, 0.717) is 27.6 Å². The van der Waals surface area contributed by atoms with Gasteiger partial charge in [0.25, 0.3) is 5.78 Å². The number of nitrogens with one attached hydrogen (secondary N) is 1. The summed E-state index contributed by atoms with van der Waals surface area (Å²) in [5.74, 6) is -1.30. The molecule has 4 rings (SSSR count). The van der Waals surface area contributed by atoms with Crippen LogP contribution in [0.25, 0.3) is 5.76 Å². The molecular formula is C21H17Cl2N3O4. The molecule has 0 saturated carbocycles. The number of H-pyrrole nitrogens is 1. The number of carbonyl (C=O) groups excluding carboxylic acids is 2. The van der Waals surface area contributed by atoms with Gasteiger partial charge in [0.1, 0.15) is 11.5 Å². The maximum atomic E-state index is 13.1. The number of Topliss-reactive ketones (excluding diaryl/α,β-unsaturated/α-hetero) is 1. The molecule has 1 saturated heterocycles. The number of rotatable bonds is 3. The van der Waals surface area contributed by atoms with E-state index >= 15 is 0 Å². The number of hydrogen-bond acceptors (Lipinski definition) is 5. The maximum Gasteiger partial charge on any atom is 0.301 e. The molecule has 1 aromatic carbocycles. The Morgan fingerprint density at radius 2 is 1.90 bits per heavy atom. The lowest BCUT2D eigenvalue weighted by atomic mass is 9.94. The standard InChI is InChI=1S/C21H17Cl2N3O4/c1-9-8-24-11(3)16(9)19(27)17-18(12-4-5-13(22)14(23)7-12)26(21(29)20(17)28)15-6-10(2)30-25-15/h4-8,18,24,27H,1-3H3/b19-17+. The van der Waals surface area contributed by atoms with Crippen molar-refractivity contribution in [2.75, 3.05) is 4.90 Å². The number of aryl methyl sites for hydroxylation is 3. The van der Waals surface area contributed by atoms with Crippen molar-refractivity contribution in [2.45, 2.75) is 26.8 Å². The third-order valence-corrected chi connectivity index (χ3v) is 5.82. The van der Waals surface area contributed by atoms with Crippen LogP contribution in [0, 0.1) is 20.8 Å². The molecular weight excluding hydrogens is 429 g/mol. The van der Waals surface area contributed by atoms with Gasteiger partial charge >= 0.3 is 5.91 Å². The quantitative estimate of drug-likeness (QED) is 0.340. The number of halogens is 2. The number of aliphatic hydroxyl groups is 1. The number of nitrogens with zero attached hydrogens (tertiary/aromatic N) is 2. The van der Waals surface area contributed by atoms with Gasteiger partial charge in [0, 0.05) is 23.5 Å². The second-order valence-corrected chi connectivity index (χ2v) is 7.92. The van der Waals surface area contributed by atoms with Crippen molar-refractivity contribution in [1.29, 1.82) is 0 Å². The van der Waals surface area contributed by atoms with Crippen LogP contribution < -0.4 is 4.90 Å². The largest absolute Gasteiger partial charge is 0.507 e. The van der Waals surface area contributed by atoms with Gasteiger partial charge in [0.2, 0.25) is 0 Å². The van der Waals surface area contributed by atoms with Crippen LogP contribution in [0.4, 0.5) is 5.82 Å². The molecule has 0 spiro atoms. The average molecular weight is 446 g/mol. The Bertz CT molecular complexity index is 1210. The Balaban J connectivity index is 2.00. The van der Waals surface area contributed by atoms with Crippen molar-refractivity contribution < 1.29 is 19.2 Å². The van der Waals surface area contributed by atoms with Crippen molar-refractivity contribution in [2.24, 2.45) is 0 Å². The highest BCUT2D eigenvalue weighted by Crippen LogP contribution is 2.43. The zero-order chi connectivity index (χ0) is 21.7. The number of anilines is 1. The zero-order valence-electron chi connectivity index (χ0n) is 16.3. The molecule has 1 atom stereocenters. The zero-order valence-corrected chi connectivity index (χ0v) is 17.8. The Morgan fingerprint density at radius 3 is 2.47 bits per heavy atom. The molecule has 0 aliphatic carbocycles. The number of aromatic nitrogens is 2. The number of carbonyl (C=O) groups is 2. The number of hydrogen-bond donors (Lipinski definition) is 2. The SMILES string of the molecule is Cc1cc(N2C(=O)C(=O)/C(=C(/O)c3c(C)c[nH]c3C)C2c2ccc(Cl)c(Cl)c2)no1. The van der Waals surface area contributed by atoms with Crippen molar-refractivity contribution in [3.8, 4) is 0 Å². The van der Waals surface area contributed by atoms with Gasteiger partial charge in [-0.2, -0.15) is 0 Å². The summed E-state index contributed by atoms with van der Waals surface area (Å²) < 4.78 is 5.11. The van der Waals surface area contributed by atoms with Crippen molar-refractivity contribution >= 4 is 46.5 Å². The first kappa shape index (κ1) is 20.3. The summed E-state index contributed by atoms with van der Waals surface area (Å²) in [6, 6.07) is 5.36. The molecule has 1 unspecified atom stereocenters. The molecule has 3 aromatic rings. The van der Waals surface area contributed by atoms with Crippen LogP contribution in [0.1, 0.15) is 34.2 Å². The lowest BCUT2D eigenvalue weighted by Crippen LogP contribution is -2.29. The van der Waals surface area contributed by atoms with Gasteiger partial charge in [0.05, 0.1) is 21.7 Å². The molecule has 9 heteroatoms. The molecule has 2 aromatic heterocycles. The first-order valence-corrected chi connectivity index (χ1v) is 9.80. The third-order valence-electron chi connectivity index (χ3n) is 5.08. The number of benzene rings is 1. The van der Waals surface area contributed by atoms with Crippen molar-refractivity contribution in [3.05, 3.63) is 74.2 Å². The highest BCUT2D eigenvalue weighted by atomic mass is 35.5. The summed E-state index contributed by atoms with van der Waals surface area (Å²) in [7, 11) is 0. The van der Waals surface area contributed by atoms with Gasteiger partial charge in [-0.1, -0.05) is 34.4 Å². The van der Waals surface area contributed by atoms with Crippen LogP contribution in [0.3, 0.4) is 0 Å². The molecule has 7 nitrogen and oxygen atoms in total. The molecule has 0 bridgehead atoms. The van der Waals surface area contributed by atoms with Gasteiger partial charge in [0.15, 0.2) is 5.82 Å². The Hall–Kier alpha value is -3.03. The molecule has 1 aliphatic rings. The van der Waals surface area contributed by atoms with E-state index in [4.69, 9.17) is 27.7 Å². The average Bonchev–Trinajstić information content (AvgIpc) is 3.34. The number of ketones is 1. The van der Waals surface area contributed by atoms with E-state index in [1.165, 1.54) is 4.90 Å². The van der Waals surface area contributed by atoms with Gasteiger partial charge in [-0.15, -0.1) is 0 Å². The third kappa shape index (κ3) is 3.11. The second-order valence-electron chi connectivity index (χ2n) is 7.11. The normalized spacial score (nSPS) is 18.4. The fourth-order valence-corrected chi connectivity index (χ4v) is 4.00. The van der Waals surface area contributed by atoms with Gasteiger partial charge < -0.3 is 14.6 Å². The molecule has 2 N–H and O–H groups in total. The van der Waals surface area contributed by atoms with Crippen molar-refractivity contribution in [1.82, 2.24) is 10.1 Å². The number of aromatic amines is 1.